The highest BCUT2D eigenvalue weighted by molar-refractivity contribution is 5.97. The van der Waals surface area contributed by atoms with Gasteiger partial charge in [-0.05, 0) is 179 Å². The van der Waals surface area contributed by atoms with Gasteiger partial charge in [0.2, 0.25) is 0 Å². The minimum atomic E-state index is -1.10. The van der Waals surface area contributed by atoms with E-state index in [2.05, 4.69) is 81.8 Å². The number of anilines is 4. The second-order valence-electron chi connectivity index (χ2n) is 36.0. The van der Waals surface area contributed by atoms with Crippen molar-refractivity contribution in [1.29, 1.82) is 0 Å². The van der Waals surface area contributed by atoms with E-state index in [1.54, 1.807) is 52.0 Å². The first kappa shape index (κ1) is 96.3. The molecule has 8 aliphatic heterocycles. The topological polar surface area (TPSA) is 342 Å². The summed E-state index contributed by atoms with van der Waals surface area (Å²) in [6.45, 7) is 22.8. The third kappa shape index (κ3) is 21.2. The number of rotatable bonds is 20. The normalized spacial score (nSPS) is 21.9. The fourth-order valence-corrected chi connectivity index (χ4v) is 19.6. The highest BCUT2D eigenvalue weighted by Gasteiger charge is 2.41. The Morgan fingerprint density at radius 2 is 0.485 bits per heavy atom. The number of fused-ring (bicyclic) bond motifs is 4. The summed E-state index contributed by atoms with van der Waals surface area (Å²) < 4.78 is 186. The van der Waals surface area contributed by atoms with E-state index < -0.39 is 48.0 Å². The van der Waals surface area contributed by atoms with E-state index in [0.717, 1.165) is 73.6 Å². The number of halogens is 8. The number of hydrogen-bond acceptors (Lipinski definition) is 32. The highest BCUT2D eigenvalue weighted by Crippen LogP contribution is 2.46. The van der Waals surface area contributed by atoms with Crippen molar-refractivity contribution < 1.29 is 91.1 Å². The zero-order valence-corrected chi connectivity index (χ0v) is 78.4. The quantitative estimate of drug-likeness (QED) is 0.0515. The number of nitrogens with zero attached hydrogens (tertiary/aromatic N) is 16. The molecule has 20 rings (SSSR count). The number of aromatic nitrogens is 12. The van der Waals surface area contributed by atoms with Gasteiger partial charge >= 0.3 is 0 Å². The average molecular weight is 1890 g/mol. The Labute approximate surface area is 781 Å². The molecule has 0 aliphatic carbocycles. The van der Waals surface area contributed by atoms with Gasteiger partial charge in [-0.3, -0.25) is 0 Å². The Kier molecular flexibility index (Phi) is 30.2. The number of aryl methyl sites for hydroxylation is 8. The minimum Gasteiger partial charge on any atom is -0.497 e. The van der Waals surface area contributed by atoms with Crippen molar-refractivity contribution in [2.75, 3.05) is 153 Å². The van der Waals surface area contributed by atoms with Gasteiger partial charge in [0.25, 0.3) is 23.6 Å². The van der Waals surface area contributed by atoms with Crippen LogP contribution in [-0.2, 0) is 18.9 Å². The van der Waals surface area contributed by atoms with Gasteiger partial charge in [-0.2, -0.15) is 19.9 Å². The first-order valence-corrected chi connectivity index (χ1v) is 46.6. The molecule has 16 heterocycles. The molecule has 8 fully saturated rings. The van der Waals surface area contributed by atoms with Crippen molar-refractivity contribution in [3.63, 3.8) is 0 Å². The summed E-state index contributed by atoms with van der Waals surface area (Å²) >= 11 is 0. The van der Waals surface area contributed by atoms with E-state index >= 15 is 17.6 Å². The van der Waals surface area contributed by atoms with E-state index in [0.29, 0.717) is 218 Å². The summed E-state index contributed by atoms with van der Waals surface area (Å²) in [6, 6.07) is 12.3. The maximum atomic E-state index is 15.4. The summed E-state index contributed by atoms with van der Waals surface area (Å²) in [7, 11) is 5.94. The van der Waals surface area contributed by atoms with Crippen molar-refractivity contribution in [2.24, 2.45) is 0 Å². The van der Waals surface area contributed by atoms with Crippen molar-refractivity contribution in [3.8, 4) is 68.8 Å². The Hall–Kier alpha value is -11.4. The smallest absolute Gasteiger partial charge is 0.261 e. The first-order valence-electron chi connectivity index (χ1n) is 46.6. The lowest BCUT2D eigenvalue weighted by atomic mass is 9.98. The lowest BCUT2D eigenvalue weighted by Crippen LogP contribution is -2.54. The van der Waals surface area contributed by atoms with E-state index in [9.17, 15) is 17.6 Å². The zero-order valence-electron chi connectivity index (χ0n) is 78.4. The van der Waals surface area contributed by atoms with Gasteiger partial charge in [0.05, 0.1) is 76.9 Å². The molecular formula is C96H116F8N20O12. The number of methoxy groups -OCH3 is 4. The van der Waals surface area contributed by atoms with Crippen molar-refractivity contribution >= 4 is 66.9 Å². The van der Waals surface area contributed by atoms with E-state index in [1.807, 2.05) is 47.3 Å². The number of nitrogens with one attached hydrogen (secondary N) is 4. The van der Waals surface area contributed by atoms with Crippen molar-refractivity contribution in [1.82, 2.24) is 81.8 Å². The second-order valence-corrected chi connectivity index (χ2v) is 36.0. The zero-order chi connectivity index (χ0) is 95.3. The number of piperidine rings is 4. The van der Waals surface area contributed by atoms with E-state index in [1.165, 1.54) is 52.7 Å². The van der Waals surface area contributed by atoms with E-state index in [4.69, 9.17) is 56.0 Å². The maximum absolute atomic E-state index is 15.4. The lowest BCUT2D eigenvalue weighted by molar-refractivity contribution is 0.0684. The third-order valence-corrected chi connectivity index (χ3v) is 27.0. The monoisotopic (exact) mass is 1890 g/mol. The van der Waals surface area contributed by atoms with Crippen LogP contribution in [0.25, 0.3) is 89.4 Å². The van der Waals surface area contributed by atoms with Crippen LogP contribution < -0.4 is 59.8 Å². The molecule has 136 heavy (non-hydrogen) atoms. The molecule has 0 bridgehead atoms. The summed E-state index contributed by atoms with van der Waals surface area (Å²) in [4.78, 5) is 43.6. The Morgan fingerprint density at radius 1 is 0.287 bits per heavy atom. The van der Waals surface area contributed by atoms with Crippen LogP contribution in [0.15, 0.2) is 66.6 Å². The molecular weight excluding hydrogens is 1780 g/mol. The first-order chi connectivity index (χ1) is 65.8. The SMILES string of the molecule is COc1cc(F)c2nc(N3CC[C@@H](NC4CCOCC4)[C@@H](F)C3)c(-c3nc(C)no3)c(C)c2c1.COc1cc(F)c2nc(N3CC[C@@H](NC4CCOCC4)[C@H](F)C3)c(-c3nc(C)no3)c(C)c2c1.COc1cc(F)c2nc(N3CC[C@H](NC4CCOCC4)[C@@H](F)C3)c(-c3nc(C)no3)c(C)c2c1.COc1cc(F)c2nc(N3CC[C@H](NC4CCOCC4)[C@H](F)C3)c(-c3nc(C)no3)c(C)c2c1. The lowest BCUT2D eigenvalue weighted by Gasteiger charge is -2.39. The number of benzene rings is 4. The van der Waals surface area contributed by atoms with Gasteiger partial charge in [-0.25, -0.2) is 55.1 Å². The van der Waals surface area contributed by atoms with Crippen LogP contribution in [0.2, 0.25) is 0 Å². The molecule has 8 aliphatic rings. The highest BCUT2D eigenvalue weighted by atomic mass is 19.2. The molecule has 0 radical (unpaired) electrons. The van der Waals surface area contributed by atoms with Gasteiger partial charge in [0.1, 0.15) is 93.0 Å². The molecule has 32 nitrogen and oxygen atoms in total. The number of alkyl halides is 4. The molecule has 4 aromatic carbocycles. The number of hydrogen-bond donors (Lipinski definition) is 4. The molecule has 40 heteroatoms. The Balaban J connectivity index is 0.000000126. The molecule has 8 atom stereocenters. The van der Waals surface area contributed by atoms with Crippen LogP contribution in [0.5, 0.6) is 23.0 Å². The largest absolute Gasteiger partial charge is 0.497 e. The molecule has 8 saturated heterocycles. The summed E-state index contributed by atoms with van der Waals surface area (Å²) in [6.07, 6.45) is 5.12. The second kappa shape index (κ2) is 42.7. The van der Waals surface area contributed by atoms with Crippen molar-refractivity contribution in [3.05, 3.63) is 117 Å². The summed E-state index contributed by atoms with van der Waals surface area (Å²) in [5.74, 6) is 4.35. The molecule has 728 valence electrons. The predicted octanol–water partition coefficient (Wildman–Crippen LogP) is 14.9. The molecule has 0 saturated carbocycles. The van der Waals surface area contributed by atoms with Crippen LogP contribution in [-0.4, -0.2) is 267 Å². The van der Waals surface area contributed by atoms with Crippen molar-refractivity contribution in [2.45, 2.75) is 205 Å². The molecule has 12 aromatic rings. The predicted molar refractivity (Wildman–Crippen MR) is 494 cm³/mol. The molecule has 0 spiro atoms. The van der Waals surface area contributed by atoms with Gasteiger partial charge < -0.3 is 96.9 Å². The van der Waals surface area contributed by atoms with Crippen LogP contribution in [0.3, 0.4) is 0 Å². The van der Waals surface area contributed by atoms with E-state index in [-0.39, 0.29) is 120 Å². The average Bonchev–Trinajstić information content (AvgIpc) is 1.41. The Bertz CT molecular complexity index is 5460. The fourth-order valence-electron chi connectivity index (χ4n) is 19.6. The molecule has 4 N–H and O–H groups in total. The van der Waals surface area contributed by atoms with Gasteiger partial charge in [0.15, 0.2) is 46.6 Å². The van der Waals surface area contributed by atoms with Crippen LogP contribution in [0.4, 0.5) is 58.4 Å². The molecule has 8 aromatic heterocycles. The summed E-state index contributed by atoms with van der Waals surface area (Å²) in [5.41, 5.74) is 6.03. The van der Waals surface area contributed by atoms with Gasteiger partial charge in [-0.15, -0.1) is 0 Å². The third-order valence-electron chi connectivity index (χ3n) is 27.0. The minimum absolute atomic E-state index is 0.136. The van der Waals surface area contributed by atoms with Crippen LogP contribution in [0.1, 0.15) is 123 Å². The maximum Gasteiger partial charge on any atom is 0.261 e. The number of ether oxygens (including phenoxy) is 8. The fraction of sp³-hybridized carbons (Fsp3) is 0.542. The summed E-state index contributed by atoms with van der Waals surface area (Å²) in [5, 5.41) is 31.9. The number of pyridine rings is 4. The van der Waals surface area contributed by atoms with Crippen LogP contribution in [0, 0.1) is 78.7 Å². The molecule has 0 unspecified atom stereocenters. The van der Waals surface area contributed by atoms with Gasteiger partial charge in [0, 0.05) is 173 Å². The molecule has 0 amide bonds. The van der Waals surface area contributed by atoms with Crippen LogP contribution >= 0.6 is 0 Å². The standard InChI is InChI=1S/4C24H29F2N5O3/c4*1-13-17-10-16(32-3)11-18(25)22(17)29-23(21(13)24-27-14(2)30-34-24)31-7-4-20(19(26)12-31)28-15-5-8-33-9-6-15/h4*10-11,15,19-20,28H,4-9,12H2,1-3H3/t2*19-,20+;2*19-,20-/m1010/s1. The Morgan fingerprint density at radius 3 is 0.654 bits per heavy atom. The van der Waals surface area contributed by atoms with Gasteiger partial charge in [-0.1, -0.05) is 20.6 Å².